The van der Waals surface area contributed by atoms with Gasteiger partial charge in [-0.05, 0) is 24.1 Å². The highest BCUT2D eigenvalue weighted by atomic mass is 79.9. The standard InChI is InChI=1S/C33H32BrNO15/c1-10-18(31(44)48-4)26(41)21-13(22(10)34)7-17(37)33(49-5)29(43)20-12(28(42)32(21,33)45)6-11-19(25(20)40)15(36)8-14(23(11)38)35-30-27(47-3)24(39)16(46-2)9-50-30/h6,8,16-17,24,27,30,35,37,39-41,45H,7,9H2,1-5H3/t16-,17+,24+,27+,30-,32-,33+/m0/s1. The normalized spacial score (nSPS) is 30.2. The van der Waals surface area contributed by atoms with E-state index in [0.29, 0.717) is 0 Å². The average Bonchev–Trinajstić information content (AvgIpc) is 3.08. The van der Waals surface area contributed by atoms with Crippen molar-refractivity contribution in [3.63, 3.8) is 0 Å². The monoisotopic (exact) mass is 761 g/mol. The smallest absolute Gasteiger partial charge is 0.341 e. The molecule has 50 heavy (non-hydrogen) atoms. The number of phenolic OH excluding ortho intramolecular Hbond substituents is 2. The Kier molecular flexibility index (Phi) is 8.80. The van der Waals surface area contributed by atoms with E-state index in [0.717, 1.165) is 26.4 Å². The molecule has 6 rings (SSSR count). The number of esters is 1. The van der Waals surface area contributed by atoms with Crippen molar-refractivity contribution >= 4 is 45.0 Å². The van der Waals surface area contributed by atoms with E-state index in [1.165, 1.54) is 21.1 Å². The van der Waals surface area contributed by atoms with E-state index < -0.39 is 122 Å². The molecule has 0 saturated carbocycles. The first kappa shape index (κ1) is 35.7. The first-order valence-corrected chi connectivity index (χ1v) is 15.9. The van der Waals surface area contributed by atoms with Crippen molar-refractivity contribution in [1.82, 2.24) is 5.32 Å². The molecule has 1 aliphatic heterocycles. The molecule has 1 saturated heterocycles. The van der Waals surface area contributed by atoms with Crippen molar-refractivity contribution in [2.45, 2.75) is 55.2 Å². The van der Waals surface area contributed by atoms with E-state index in [-0.39, 0.29) is 27.9 Å². The number of aliphatic hydroxyl groups excluding tert-OH is 2. The number of hydrogen-bond donors (Lipinski definition) is 6. The zero-order valence-electron chi connectivity index (χ0n) is 27.2. The SMILES string of the molecule is COC(=O)c1c(C)c(Br)c2c(c1O)[C@]1(O)C(=O)c3cc4c(c(O)c3C(=O)[C@]1(OC)[C@H](O)C2)C(=O)C=C(N[C@H]1OC[C@H](OC)[C@@H](O)[C@H]1OC)C4=O. The molecule has 17 heteroatoms. The highest BCUT2D eigenvalue weighted by Gasteiger charge is 2.73. The number of hydrogen-bond acceptors (Lipinski definition) is 16. The number of rotatable bonds is 6. The summed E-state index contributed by atoms with van der Waals surface area (Å²) in [5.74, 6) is -7.76. The second-order valence-electron chi connectivity index (χ2n) is 12.2. The van der Waals surface area contributed by atoms with E-state index >= 15 is 0 Å². The van der Waals surface area contributed by atoms with E-state index in [1.807, 2.05) is 0 Å². The van der Waals surface area contributed by atoms with Gasteiger partial charge in [0.2, 0.25) is 17.3 Å². The van der Waals surface area contributed by atoms with Crippen LogP contribution in [-0.4, -0.2) is 126 Å². The van der Waals surface area contributed by atoms with Crippen LogP contribution in [0.2, 0.25) is 0 Å². The summed E-state index contributed by atoms with van der Waals surface area (Å²) in [5.41, 5.74) is -10.4. The number of benzene rings is 2. The summed E-state index contributed by atoms with van der Waals surface area (Å²) in [7, 11) is 4.59. The number of methoxy groups -OCH3 is 4. The molecule has 2 aromatic rings. The van der Waals surface area contributed by atoms with Gasteiger partial charge in [0.15, 0.2) is 23.2 Å². The van der Waals surface area contributed by atoms with Crippen LogP contribution in [0.15, 0.2) is 22.3 Å². The van der Waals surface area contributed by atoms with Gasteiger partial charge in [0.25, 0.3) is 0 Å². The Morgan fingerprint density at radius 1 is 1.00 bits per heavy atom. The minimum absolute atomic E-state index is 0.0409. The van der Waals surface area contributed by atoms with Gasteiger partial charge < -0.3 is 54.5 Å². The van der Waals surface area contributed by atoms with E-state index in [1.54, 1.807) is 0 Å². The Bertz CT molecular complexity index is 1940. The highest BCUT2D eigenvalue weighted by Crippen LogP contribution is 2.58. The summed E-state index contributed by atoms with van der Waals surface area (Å²) in [6.07, 6.45) is -5.86. The lowest BCUT2D eigenvalue weighted by Crippen LogP contribution is -2.73. The largest absolute Gasteiger partial charge is 0.507 e. The lowest BCUT2D eigenvalue weighted by atomic mass is 9.56. The van der Waals surface area contributed by atoms with Gasteiger partial charge in [-0.15, -0.1) is 0 Å². The van der Waals surface area contributed by atoms with Crippen molar-refractivity contribution < 1.29 is 73.2 Å². The molecule has 2 aromatic carbocycles. The summed E-state index contributed by atoms with van der Waals surface area (Å²) < 4.78 is 26.6. The second-order valence-corrected chi connectivity index (χ2v) is 13.0. The van der Waals surface area contributed by atoms with Gasteiger partial charge in [0.05, 0.1) is 36.6 Å². The third-order valence-electron chi connectivity index (χ3n) is 10.0. The molecular formula is C33H32BrNO15. The van der Waals surface area contributed by atoms with Crippen LogP contribution >= 0.6 is 15.9 Å². The molecule has 0 unspecified atom stereocenters. The number of carbonyl (C=O) groups excluding carboxylic acids is 5. The molecule has 266 valence electrons. The molecule has 7 atom stereocenters. The van der Waals surface area contributed by atoms with Crippen molar-refractivity contribution in [2.24, 2.45) is 0 Å². The van der Waals surface area contributed by atoms with Gasteiger partial charge in [-0.1, -0.05) is 15.9 Å². The number of ether oxygens (including phenoxy) is 5. The summed E-state index contributed by atoms with van der Waals surface area (Å²) in [6.45, 7) is 1.32. The van der Waals surface area contributed by atoms with Crippen LogP contribution < -0.4 is 5.32 Å². The maximum atomic E-state index is 14.6. The lowest BCUT2D eigenvalue weighted by Gasteiger charge is -2.53. The molecule has 4 aliphatic rings. The Morgan fingerprint density at radius 3 is 2.28 bits per heavy atom. The number of halogens is 1. The molecule has 6 N–H and O–H groups in total. The number of carbonyl (C=O) groups is 5. The predicted molar refractivity (Wildman–Crippen MR) is 169 cm³/mol. The van der Waals surface area contributed by atoms with E-state index in [4.69, 9.17) is 23.7 Å². The third kappa shape index (κ3) is 4.45. The zero-order chi connectivity index (χ0) is 36.8. The first-order chi connectivity index (χ1) is 23.6. The van der Waals surface area contributed by atoms with E-state index in [9.17, 15) is 49.5 Å². The van der Waals surface area contributed by atoms with Gasteiger partial charge >= 0.3 is 5.97 Å². The Balaban J connectivity index is 1.53. The molecule has 1 fully saturated rings. The summed E-state index contributed by atoms with van der Waals surface area (Å²) in [4.78, 5) is 69.2. The van der Waals surface area contributed by atoms with E-state index in [2.05, 4.69) is 21.2 Å². The van der Waals surface area contributed by atoms with Gasteiger partial charge in [0.1, 0.15) is 35.4 Å². The summed E-state index contributed by atoms with van der Waals surface area (Å²) in [6, 6.07) is 0.838. The lowest BCUT2D eigenvalue weighted by molar-refractivity contribution is -0.208. The number of fused-ring (bicyclic) bond motifs is 5. The molecule has 16 nitrogen and oxygen atoms in total. The second kappa shape index (κ2) is 12.3. The molecule has 0 amide bonds. The number of ketones is 4. The van der Waals surface area contributed by atoms with Gasteiger partial charge in [0, 0.05) is 55.0 Å². The molecule has 0 spiro atoms. The molecular weight excluding hydrogens is 730 g/mol. The highest BCUT2D eigenvalue weighted by molar-refractivity contribution is 9.10. The molecule has 3 aliphatic carbocycles. The fraction of sp³-hybridized carbons (Fsp3) is 0.424. The van der Waals surface area contributed by atoms with Crippen LogP contribution in [0.5, 0.6) is 11.5 Å². The fourth-order valence-corrected chi connectivity index (χ4v) is 8.06. The number of Topliss-reactive ketones (excluding diaryl/α,β-unsaturated/α-hetero) is 3. The van der Waals surface area contributed by atoms with Gasteiger partial charge in [-0.3, -0.25) is 19.2 Å². The van der Waals surface area contributed by atoms with Gasteiger partial charge in [-0.2, -0.15) is 0 Å². The van der Waals surface area contributed by atoms with Crippen LogP contribution in [-0.2, 0) is 35.7 Å². The molecule has 0 aromatic heterocycles. The topological polar surface area (TPSA) is 245 Å². The molecule has 1 heterocycles. The van der Waals surface area contributed by atoms with Crippen LogP contribution in [0.25, 0.3) is 0 Å². The van der Waals surface area contributed by atoms with Crippen molar-refractivity contribution in [1.29, 1.82) is 0 Å². The number of allylic oxidation sites excluding steroid dienone is 2. The molecule has 0 radical (unpaired) electrons. The Morgan fingerprint density at radius 2 is 1.68 bits per heavy atom. The minimum atomic E-state index is -3.27. The van der Waals surface area contributed by atoms with Crippen molar-refractivity contribution in [2.75, 3.05) is 35.0 Å². The van der Waals surface area contributed by atoms with Gasteiger partial charge in [-0.25, -0.2) is 4.79 Å². The predicted octanol–water partition coefficient (Wildman–Crippen LogP) is 0.124. The molecule has 0 bridgehead atoms. The minimum Gasteiger partial charge on any atom is -0.507 e. The maximum Gasteiger partial charge on any atom is 0.341 e. The summed E-state index contributed by atoms with van der Waals surface area (Å²) in [5, 5.41) is 60.3. The zero-order valence-corrected chi connectivity index (χ0v) is 28.7. The fourth-order valence-electron chi connectivity index (χ4n) is 7.50. The quantitative estimate of drug-likeness (QED) is 0.214. The number of aromatic hydroxyl groups is 2. The van der Waals surface area contributed by atoms with Crippen LogP contribution in [0, 0.1) is 6.92 Å². The number of phenols is 2. The van der Waals surface area contributed by atoms with Crippen LogP contribution in [0.1, 0.15) is 68.5 Å². The Labute approximate surface area is 291 Å². The average molecular weight is 763 g/mol. The maximum absolute atomic E-state index is 14.6. The number of nitrogens with one attached hydrogen (secondary N) is 1. The van der Waals surface area contributed by atoms with Crippen molar-refractivity contribution in [3.05, 3.63) is 66.8 Å². The Hall–Kier alpha value is -4.07. The number of aliphatic hydroxyl groups is 3. The first-order valence-electron chi connectivity index (χ1n) is 15.1. The van der Waals surface area contributed by atoms with Crippen LogP contribution in [0.4, 0.5) is 0 Å². The van der Waals surface area contributed by atoms with Crippen molar-refractivity contribution in [3.8, 4) is 11.5 Å². The summed E-state index contributed by atoms with van der Waals surface area (Å²) >= 11 is 3.31. The van der Waals surface area contributed by atoms with Crippen LogP contribution in [0.3, 0.4) is 0 Å². The third-order valence-corrected chi connectivity index (χ3v) is 11.1.